The lowest BCUT2D eigenvalue weighted by molar-refractivity contribution is -0.301. The summed E-state index contributed by atoms with van der Waals surface area (Å²) >= 11 is 0. The minimum atomic E-state index is -1.91. The molecule has 1 rings (SSSR count). The Labute approximate surface area is 456 Å². The van der Waals surface area contributed by atoms with E-state index >= 15 is 0 Å². The molecule has 12 nitrogen and oxygen atoms in total. The van der Waals surface area contributed by atoms with E-state index in [1.807, 2.05) is 0 Å². The molecule has 3 N–H and O–H groups in total. The lowest BCUT2D eigenvalue weighted by Crippen LogP contribution is -2.61. The third kappa shape index (κ3) is 41.5. The van der Waals surface area contributed by atoms with Crippen LogP contribution in [0, 0.1) is 0 Å². The van der Waals surface area contributed by atoms with Gasteiger partial charge in [0.25, 0.3) is 0 Å². The zero-order valence-electron chi connectivity index (χ0n) is 47.8. The molecule has 6 unspecified atom stereocenters. The number of rotatable bonds is 52. The molecule has 0 spiro atoms. The molecule has 1 aliphatic rings. The Morgan fingerprint density at radius 1 is 0.440 bits per heavy atom. The smallest absolute Gasteiger partial charge is 0.335 e. The zero-order chi connectivity index (χ0) is 54.7. The van der Waals surface area contributed by atoms with E-state index in [1.165, 1.54) is 109 Å². The van der Waals surface area contributed by atoms with Gasteiger partial charge in [-0.2, -0.15) is 0 Å². The number of unbranched alkanes of at least 4 members (excludes halogenated alkanes) is 30. The fraction of sp³-hybridized carbons (Fsp3) is 0.810. The van der Waals surface area contributed by atoms with Crippen molar-refractivity contribution in [3.63, 3.8) is 0 Å². The van der Waals surface area contributed by atoms with Gasteiger partial charge in [-0.25, -0.2) is 4.79 Å². The number of carboxylic acid groups (broad SMARTS) is 1. The van der Waals surface area contributed by atoms with Crippen LogP contribution in [0.5, 0.6) is 0 Å². The number of aliphatic hydroxyl groups is 2. The van der Waals surface area contributed by atoms with Crippen molar-refractivity contribution >= 4 is 23.9 Å². The molecule has 0 aromatic carbocycles. The fourth-order valence-corrected chi connectivity index (χ4v) is 9.13. The van der Waals surface area contributed by atoms with Crippen molar-refractivity contribution in [2.75, 3.05) is 13.2 Å². The van der Waals surface area contributed by atoms with Gasteiger partial charge < -0.3 is 39.0 Å². The van der Waals surface area contributed by atoms with Crippen LogP contribution < -0.4 is 0 Å². The van der Waals surface area contributed by atoms with Crippen molar-refractivity contribution < 1.29 is 58.2 Å². The highest BCUT2D eigenvalue weighted by Gasteiger charge is 2.50. The Morgan fingerprint density at radius 3 is 1.23 bits per heavy atom. The van der Waals surface area contributed by atoms with Crippen LogP contribution >= 0.6 is 0 Å². The summed E-state index contributed by atoms with van der Waals surface area (Å²) in [5, 5.41) is 31.5. The summed E-state index contributed by atoms with van der Waals surface area (Å²) in [6.45, 7) is 5.95. The number of hydrogen-bond donors (Lipinski definition) is 3. The van der Waals surface area contributed by atoms with Gasteiger partial charge in [0.2, 0.25) is 0 Å². The van der Waals surface area contributed by atoms with Crippen LogP contribution in [-0.2, 0) is 42.9 Å². The van der Waals surface area contributed by atoms with Gasteiger partial charge in [-0.3, -0.25) is 14.4 Å². The summed E-state index contributed by atoms with van der Waals surface area (Å²) in [4.78, 5) is 51.2. The first-order chi connectivity index (χ1) is 36.6. The van der Waals surface area contributed by atoms with Gasteiger partial charge in [-0.05, 0) is 83.5 Å². The van der Waals surface area contributed by atoms with Gasteiger partial charge in [-0.15, -0.1) is 0 Å². The normalized spacial score (nSPS) is 18.4. The van der Waals surface area contributed by atoms with E-state index in [4.69, 9.17) is 23.7 Å². The monoisotopic (exact) mass is 1060 g/mol. The Hall–Kier alpha value is -3.32. The highest BCUT2D eigenvalue weighted by molar-refractivity contribution is 5.74. The van der Waals surface area contributed by atoms with E-state index in [1.54, 1.807) is 0 Å². The molecule has 0 bridgehead atoms. The topological polar surface area (TPSA) is 175 Å². The molecule has 1 heterocycles. The van der Waals surface area contributed by atoms with Gasteiger partial charge in [0.15, 0.2) is 24.6 Å². The second kappa shape index (κ2) is 51.4. The highest BCUT2D eigenvalue weighted by atomic mass is 16.7. The van der Waals surface area contributed by atoms with Crippen molar-refractivity contribution in [2.24, 2.45) is 0 Å². The van der Waals surface area contributed by atoms with Crippen molar-refractivity contribution in [3.8, 4) is 0 Å². The average molecular weight is 1060 g/mol. The van der Waals surface area contributed by atoms with Crippen LogP contribution in [-0.4, -0.2) is 89.2 Å². The number of hydrogen-bond acceptors (Lipinski definition) is 11. The first kappa shape index (κ1) is 69.7. The molecule has 0 aromatic heterocycles. The third-order valence-corrected chi connectivity index (χ3v) is 13.9. The molecule has 0 aromatic rings. The molecule has 0 radical (unpaired) electrons. The van der Waals surface area contributed by atoms with Gasteiger partial charge in [0.05, 0.1) is 6.61 Å². The Kier molecular flexibility index (Phi) is 47.8. The second-order valence-electron chi connectivity index (χ2n) is 21.0. The van der Waals surface area contributed by atoms with E-state index in [-0.39, 0.29) is 25.9 Å². The van der Waals surface area contributed by atoms with E-state index in [9.17, 15) is 34.5 Å². The molecule has 6 atom stereocenters. The van der Waals surface area contributed by atoms with Crippen molar-refractivity contribution in [1.29, 1.82) is 0 Å². The van der Waals surface area contributed by atoms with Crippen molar-refractivity contribution in [1.82, 2.24) is 0 Å². The van der Waals surface area contributed by atoms with Crippen LogP contribution in [0.1, 0.15) is 278 Å². The van der Waals surface area contributed by atoms with E-state index in [0.717, 1.165) is 109 Å². The molecule has 1 aliphatic heterocycles. The molecule has 0 amide bonds. The molecule has 434 valence electrons. The molecule has 12 heteroatoms. The minimum absolute atomic E-state index is 0.0447. The Morgan fingerprint density at radius 2 is 0.800 bits per heavy atom. The summed E-state index contributed by atoms with van der Waals surface area (Å²) in [5.41, 5.74) is 0. The molecule has 1 saturated heterocycles. The third-order valence-electron chi connectivity index (χ3n) is 13.9. The largest absolute Gasteiger partial charge is 0.479 e. The van der Waals surface area contributed by atoms with Crippen LogP contribution in [0.25, 0.3) is 0 Å². The summed E-state index contributed by atoms with van der Waals surface area (Å²) in [7, 11) is 0. The molecular formula is C63H110O12. The maximum atomic E-state index is 13.2. The average Bonchev–Trinajstić information content (AvgIpc) is 3.39. The number of carbonyl (C=O) groups is 4. The Bertz CT molecular complexity index is 1490. The summed E-state index contributed by atoms with van der Waals surface area (Å²) < 4.78 is 28.4. The molecule has 1 fully saturated rings. The number of carboxylic acids is 1. The summed E-state index contributed by atoms with van der Waals surface area (Å²) in [5.74, 6) is -3.13. The SMILES string of the molecule is CCCCC/C=C\C/C=C\CCCCCCCC(=O)OCC(COC1OC(C(=O)O)C(O)C(O)C1OC(=O)CCCCCCC/C=C\C/C=C\CCCCC)OC(=O)CCCCCCCCCCCCCCCCC. The number of aliphatic carboxylic acids is 1. The predicted octanol–water partition coefficient (Wildman–Crippen LogP) is 15.8. The second-order valence-corrected chi connectivity index (χ2v) is 21.0. The van der Waals surface area contributed by atoms with Crippen LogP contribution in [0.2, 0.25) is 0 Å². The van der Waals surface area contributed by atoms with Gasteiger partial charge in [-0.1, -0.05) is 223 Å². The number of ether oxygens (including phenoxy) is 5. The van der Waals surface area contributed by atoms with Crippen molar-refractivity contribution in [2.45, 2.75) is 314 Å². The standard InChI is InChI=1S/C63H110O12/c1-4-7-10-13-16-19-22-25-28-31-34-37-40-43-46-49-55(64)71-52-54(73-56(65)50-47-44-41-38-35-32-29-26-23-20-17-14-11-8-5-2)53-72-63-61(59(68)58(67)60(75-63)62(69)70)74-57(66)51-48-45-42-39-36-33-30-27-24-21-18-15-12-9-6-3/h16,18-19,21,25,27-28,30,54,58-61,63,67-68H,4-15,17,20,22-24,26,29,31-53H2,1-3H3,(H,69,70)/b19-16-,21-18-,28-25-,30-27-. The van der Waals surface area contributed by atoms with E-state index < -0.39 is 67.3 Å². The molecule has 75 heavy (non-hydrogen) atoms. The maximum absolute atomic E-state index is 13.2. The number of aliphatic hydroxyl groups excluding tert-OH is 2. The highest BCUT2D eigenvalue weighted by Crippen LogP contribution is 2.26. The first-order valence-electron chi connectivity index (χ1n) is 30.6. The number of carbonyl (C=O) groups excluding carboxylic acids is 3. The number of esters is 3. The summed E-state index contributed by atoms with van der Waals surface area (Å²) in [6, 6.07) is 0. The quantitative estimate of drug-likeness (QED) is 0.0228. The lowest BCUT2D eigenvalue weighted by atomic mass is 9.98. The molecule has 0 saturated carbocycles. The summed E-state index contributed by atoms with van der Waals surface area (Å²) in [6.07, 6.45) is 49.3. The van der Waals surface area contributed by atoms with Crippen molar-refractivity contribution in [3.05, 3.63) is 48.6 Å². The van der Waals surface area contributed by atoms with Gasteiger partial charge in [0.1, 0.15) is 18.8 Å². The van der Waals surface area contributed by atoms with Crippen LogP contribution in [0.15, 0.2) is 48.6 Å². The van der Waals surface area contributed by atoms with E-state index in [0.29, 0.717) is 19.3 Å². The van der Waals surface area contributed by atoms with Gasteiger partial charge in [0, 0.05) is 19.3 Å². The maximum Gasteiger partial charge on any atom is 0.335 e. The zero-order valence-corrected chi connectivity index (χ0v) is 47.8. The Balaban J connectivity index is 2.70. The number of allylic oxidation sites excluding steroid dienone is 8. The molecular weight excluding hydrogens is 949 g/mol. The minimum Gasteiger partial charge on any atom is -0.479 e. The fourth-order valence-electron chi connectivity index (χ4n) is 9.13. The van der Waals surface area contributed by atoms with E-state index in [2.05, 4.69) is 69.4 Å². The van der Waals surface area contributed by atoms with Gasteiger partial charge >= 0.3 is 23.9 Å². The van der Waals surface area contributed by atoms with Crippen LogP contribution in [0.4, 0.5) is 0 Å². The molecule has 0 aliphatic carbocycles. The first-order valence-corrected chi connectivity index (χ1v) is 30.6. The predicted molar refractivity (Wildman–Crippen MR) is 303 cm³/mol. The lowest BCUT2D eigenvalue weighted by Gasteiger charge is -2.40. The van der Waals surface area contributed by atoms with Crippen LogP contribution in [0.3, 0.4) is 0 Å².